The fourth-order valence-electron chi connectivity index (χ4n) is 7.52. The van der Waals surface area contributed by atoms with Crippen LogP contribution in [0.2, 0.25) is 0 Å². The lowest BCUT2D eigenvalue weighted by Crippen LogP contribution is -2.10. The molecule has 2 aromatic heterocycles. The Morgan fingerprint density at radius 3 is 1.98 bits per heavy atom. The van der Waals surface area contributed by atoms with Crippen LogP contribution in [-0.4, -0.2) is 4.57 Å². The molecule has 0 spiro atoms. The Morgan fingerprint density at radius 1 is 0.408 bits per heavy atom. The molecule has 10 aromatic rings. The second-order valence-corrected chi connectivity index (χ2v) is 13.7. The summed E-state index contributed by atoms with van der Waals surface area (Å²) in [5, 5.41) is 7.60. The van der Waals surface area contributed by atoms with E-state index in [9.17, 15) is 0 Å². The molecular formula is C46H30N2S. The molecule has 0 aliphatic carbocycles. The van der Waals surface area contributed by atoms with Gasteiger partial charge in [0.25, 0.3) is 0 Å². The van der Waals surface area contributed by atoms with Gasteiger partial charge in [-0.2, -0.15) is 0 Å². The summed E-state index contributed by atoms with van der Waals surface area (Å²) < 4.78 is 5.04. The number of benzene rings is 8. The number of thiophene rings is 1. The van der Waals surface area contributed by atoms with Gasteiger partial charge in [0.05, 0.1) is 16.7 Å². The summed E-state index contributed by atoms with van der Waals surface area (Å²) in [7, 11) is 0. The Labute approximate surface area is 288 Å². The maximum Gasteiger partial charge on any atom is 0.0562 e. The Bertz CT molecular complexity index is 2830. The van der Waals surface area contributed by atoms with Crippen LogP contribution >= 0.6 is 11.3 Å². The molecule has 0 radical (unpaired) electrons. The number of anilines is 3. The van der Waals surface area contributed by atoms with Crippen LogP contribution in [0.25, 0.3) is 69.6 Å². The van der Waals surface area contributed by atoms with E-state index < -0.39 is 0 Å². The SMILES string of the molecule is c1ccc(-c2cccc(N(c3ccc4cc5c(cc4c3)sc3ccccc35)c3cccc4c3c3ccccc3n4-c3ccccc3)c2)cc1. The Hall–Kier alpha value is -6.16. The number of hydrogen-bond donors (Lipinski definition) is 0. The molecule has 0 fully saturated rings. The number of hydrogen-bond acceptors (Lipinski definition) is 2. The predicted octanol–water partition coefficient (Wildman–Crippen LogP) is 13.4. The first-order valence-electron chi connectivity index (χ1n) is 16.7. The van der Waals surface area contributed by atoms with Gasteiger partial charge in [-0.25, -0.2) is 0 Å². The standard InChI is InChI=1S/C46H30N2S/c1-3-13-31(14-4-1)32-15-11-18-36(27-32)47(37-26-25-33-29-40-38-19-8-10-24-44(38)49-45(40)30-34(33)28-37)42-22-12-23-43-46(42)39-20-7-9-21-41(39)48(43)35-16-5-2-6-17-35/h1-30H. The first-order valence-corrected chi connectivity index (χ1v) is 17.5. The Balaban J connectivity index is 1.25. The van der Waals surface area contributed by atoms with Crippen LogP contribution in [0.15, 0.2) is 182 Å². The van der Waals surface area contributed by atoms with Crippen LogP contribution in [-0.2, 0) is 0 Å². The molecule has 0 bridgehead atoms. The van der Waals surface area contributed by atoms with Gasteiger partial charge in [0, 0.05) is 48.0 Å². The van der Waals surface area contributed by atoms with Gasteiger partial charge in [0.15, 0.2) is 0 Å². The second kappa shape index (κ2) is 11.2. The minimum absolute atomic E-state index is 1.12. The van der Waals surface area contributed by atoms with Crippen molar-refractivity contribution in [3.05, 3.63) is 182 Å². The van der Waals surface area contributed by atoms with Crippen molar-refractivity contribution in [1.29, 1.82) is 0 Å². The molecule has 0 saturated carbocycles. The van der Waals surface area contributed by atoms with Crippen molar-refractivity contribution in [3.63, 3.8) is 0 Å². The summed E-state index contributed by atoms with van der Waals surface area (Å²) in [5.41, 5.74) is 9.32. The minimum atomic E-state index is 1.12. The van der Waals surface area contributed by atoms with E-state index >= 15 is 0 Å². The summed E-state index contributed by atoms with van der Waals surface area (Å²) in [6.07, 6.45) is 0. The minimum Gasteiger partial charge on any atom is -0.310 e. The third kappa shape index (κ3) is 4.55. The Morgan fingerprint density at radius 2 is 1.10 bits per heavy atom. The van der Waals surface area contributed by atoms with Gasteiger partial charge in [-0.05, 0) is 94.7 Å². The van der Waals surface area contributed by atoms with E-state index in [-0.39, 0.29) is 0 Å². The van der Waals surface area contributed by atoms with E-state index in [0.717, 1.165) is 22.7 Å². The largest absolute Gasteiger partial charge is 0.310 e. The maximum atomic E-state index is 2.45. The molecule has 0 atom stereocenters. The van der Waals surface area contributed by atoms with Crippen LogP contribution in [0.5, 0.6) is 0 Å². The molecular weight excluding hydrogens is 613 g/mol. The molecule has 49 heavy (non-hydrogen) atoms. The molecule has 2 nitrogen and oxygen atoms in total. The predicted molar refractivity (Wildman–Crippen MR) is 211 cm³/mol. The van der Waals surface area contributed by atoms with Gasteiger partial charge in [0.2, 0.25) is 0 Å². The summed E-state index contributed by atoms with van der Waals surface area (Å²) in [6, 6.07) is 66.2. The highest BCUT2D eigenvalue weighted by molar-refractivity contribution is 7.25. The highest BCUT2D eigenvalue weighted by atomic mass is 32.1. The van der Waals surface area contributed by atoms with Crippen molar-refractivity contribution in [2.45, 2.75) is 0 Å². The van der Waals surface area contributed by atoms with E-state index in [1.807, 2.05) is 11.3 Å². The molecule has 2 heterocycles. The molecule has 0 aliphatic heterocycles. The van der Waals surface area contributed by atoms with Crippen LogP contribution in [0.1, 0.15) is 0 Å². The quantitative estimate of drug-likeness (QED) is 0.181. The van der Waals surface area contributed by atoms with Gasteiger partial charge in [0.1, 0.15) is 0 Å². The number of nitrogens with zero attached hydrogens (tertiary/aromatic N) is 2. The monoisotopic (exact) mass is 642 g/mol. The lowest BCUT2D eigenvalue weighted by Gasteiger charge is -2.27. The van der Waals surface area contributed by atoms with Gasteiger partial charge in [-0.15, -0.1) is 11.3 Å². The number of fused-ring (bicyclic) bond motifs is 7. The van der Waals surface area contributed by atoms with Gasteiger partial charge < -0.3 is 9.47 Å². The zero-order valence-corrected chi connectivity index (χ0v) is 27.4. The fraction of sp³-hybridized carbons (Fsp3) is 0. The molecule has 10 rings (SSSR count). The Kier molecular flexibility index (Phi) is 6.39. The lowest BCUT2D eigenvalue weighted by molar-refractivity contribution is 1.18. The normalized spacial score (nSPS) is 11.7. The summed E-state index contributed by atoms with van der Waals surface area (Å²) in [6.45, 7) is 0. The summed E-state index contributed by atoms with van der Waals surface area (Å²) in [5.74, 6) is 0. The lowest BCUT2D eigenvalue weighted by atomic mass is 10.0. The van der Waals surface area contributed by atoms with Crippen molar-refractivity contribution < 1.29 is 0 Å². The highest BCUT2D eigenvalue weighted by Gasteiger charge is 2.21. The molecule has 0 N–H and O–H groups in total. The first-order chi connectivity index (χ1) is 24.3. The van der Waals surface area contributed by atoms with Gasteiger partial charge in [-0.1, -0.05) is 109 Å². The van der Waals surface area contributed by atoms with Crippen molar-refractivity contribution in [3.8, 4) is 16.8 Å². The van der Waals surface area contributed by atoms with E-state index in [0.29, 0.717) is 0 Å². The smallest absolute Gasteiger partial charge is 0.0562 e. The van der Waals surface area contributed by atoms with E-state index in [4.69, 9.17) is 0 Å². The number of para-hydroxylation sites is 2. The molecule has 8 aromatic carbocycles. The maximum absolute atomic E-state index is 2.45. The topological polar surface area (TPSA) is 8.17 Å². The van der Waals surface area contributed by atoms with Gasteiger partial charge in [-0.3, -0.25) is 0 Å². The number of rotatable bonds is 5. The van der Waals surface area contributed by atoms with Gasteiger partial charge >= 0.3 is 0 Å². The zero-order valence-electron chi connectivity index (χ0n) is 26.6. The second-order valence-electron chi connectivity index (χ2n) is 12.6. The van der Waals surface area contributed by atoms with E-state index in [2.05, 4.69) is 191 Å². The molecule has 0 saturated heterocycles. The third-order valence-corrected chi connectivity index (χ3v) is 10.9. The number of aromatic nitrogens is 1. The molecule has 0 aliphatic rings. The van der Waals surface area contributed by atoms with Crippen LogP contribution < -0.4 is 4.90 Å². The molecule has 230 valence electrons. The van der Waals surface area contributed by atoms with Crippen LogP contribution in [0.4, 0.5) is 17.1 Å². The average Bonchev–Trinajstić information content (AvgIpc) is 3.70. The van der Waals surface area contributed by atoms with Crippen molar-refractivity contribution in [2.75, 3.05) is 4.90 Å². The van der Waals surface area contributed by atoms with Crippen LogP contribution in [0.3, 0.4) is 0 Å². The van der Waals surface area contributed by atoms with E-state index in [1.54, 1.807) is 0 Å². The van der Waals surface area contributed by atoms with Crippen molar-refractivity contribution >= 4 is 81.1 Å². The van der Waals surface area contributed by atoms with Crippen molar-refractivity contribution in [1.82, 2.24) is 4.57 Å². The fourth-order valence-corrected chi connectivity index (χ4v) is 8.66. The molecule has 0 amide bonds. The van der Waals surface area contributed by atoms with Crippen molar-refractivity contribution in [2.24, 2.45) is 0 Å². The van der Waals surface area contributed by atoms with Crippen LogP contribution in [0, 0.1) is 0 Å². The van der Waals surface area contributed by atoms with E-state index in [1.165, 1.54) is 63.9 Å². The summed E-state index contributed by atoms with van der Waals surface area (Å²) >= 11 is 1.87. The average molecular weight is 643 g/mol. The zero-order chi connectivity index (χ0) is 32.3. The molecule has 0 unspecified atom stereocenters. The first kappa shape index (κ1) is 27.9. The molecule has 3 heteroatoms. The summed E-state index contributed by atoms with van der Waals surface area (Å²) in [4.78, 5) is 2.45. The third-order valence-electron chi connectivity index (χ3n) is 9.72. The highest BCUT2D eigenvalue weighted by Crippen LogP contribution is 2.45.